The second-order valence-electron chi connectivity index (χ2n) is 10.2. The lowest BCUT2D eigenvalue weighted by molar-refractivity contribution is -0.00608. The van der Waals surface area contributed by atoms with Crippen LogP contribution in [-0.4, -0.2) is 0 Å². The van der Waals surface area contributed by atoms with Gasteiger partial charge in [-0.05, 0) is 92.0 Å². The van der Waals surface area contributed by atoms with Crippen molar-refractivity contribution >= 4 is 11.4 Å². The average Bonchev–Trinajstić information content (AvgIpc) is 2.74. The van der Waals surface area contributed by atoms with E-state index in [0.717, 1.165) is 35.0 Å². The number of hydrogen-bond donors (Lipinski definition) is 2. The van der Waals surface area contributed by atoms with E-state index in [0.29, 0.717) is 17.1 Å². The maximum atomic E-state index is 6.58. The van der Waals surface area contributed by atoms with Crippen LogP contribution < -0.4 is 20.9 Å². The molecule has 4 aliphatic rings. The molecule has 4 heteroatoms. The van der Waals surface area contributed by atoms with Crippen molar-refractivity contribution in [2.75, 3.05) is 11.5 Å². The van der Waals surface area contributed by atoms with Crippen molar-refractivity contribution in [1.82, 2.24) is 0 Å². The molecule has 4 saturated carbocycles. The molecule has 4 nitrogen and oxygen atoms in total. The van der Waals surface area contributed by atoms with E-state index in [1.807, 2.05) is 54.6 Å². The first-order valence-corrected chi connectivity index (χ1v) is 11.8. The molecule has 0 radical (unpaired) electrons. The van der Waals surface area contributed by atoms with Gasteiger partial charge in [-0.25, -0.2) is 0 Å². The summed E-state index contributed by atoms with van der Waals surface area (Å²) in [5, 5.41) is 0. The molecular weight excluding hydrogens is 396 g/mol. The van der Waals surface area contributed by atoms with Crippen LogP contribution in [0.15, 0.2) is 66.7 Å². The molecular formula is C28H30N2O2. The lowest BCUT2D eigenvalue weighted by Crippen LogP contribution is -2.48. The molecule has 4 fully saturated rings. The van der Waals surface area contributed by atoms with Crippen molar-refractivity contribution in [2.45, 2.75) is 43.9 Å². The Morgan fingerprint density at radius 2 is 1.19 bits per heavy atom. The van der Waals surface area contributed by atoms with Gasteiger partial charge in [0.15, 0.2) is 11.5 Å². The Kier molecular flexibility index (Phi) is 4.56. The summed E-state index contributed by atoms with van der Waals surface area (Å²) in [4.78, 5) is 0. The molecule has 4 bridgehead atoms. The monoisotopic (exact) mass is 426 g/mol. The smallest absolute Gasteiger partial charge is 0.173 e. The summed E-state index contributed by atoms with van der Waals surface area (Å²) in [6.45, 7) is 0. The molecule has 7 rings (SSSR count). The summed E-state index contributed by atoms with van der Waals surface area (Å²) < 4.78 is 12.9. The van der Waals surface area contributed by atoms with Crippen molar-refractivity contribution in [2.24, 2.45) is 17.8 Å². The molecule has 4 N–H and O–H groups in total. The summed E-state index contributed by atoms with van der Waals surface area (Å²) in [5.74, 6) is 5.54. The van der Waals surface area contributed by atoms with Crippen molar-refractivity contribution in [1.29, 1.82) is 0 Å². The van der Waals surface area contributed by atoms with E-state index >= 15 is 0 Å². The third-order valence-electron chi connectivity index (χ3n) is 7.75. The van der Waals surface area contributed by atoms with Crippen LogP contribution in [0.3, 0.4) is 0 Å². The third-order valence-corrected chi connectivity index (χ3v) is 7.75. The fraction of sp³-hybridized carbons (Fsp3) is 0.357. The lowest BCUT2D eigenvalue weighted by Gasteiger charge is -2.57. The third kappa shape index (κ3) is 3.48. The first-order valence-electron chi connectivity index (χ1n) is 11.8. The fourth-order valence-electron chi connectivity index (χ4n) is 6.96. The van der Waals surface area contributed by atoms with Gasteiger partial charge in [0.05, 0.1) is 0 Å². The number of rotatable bonds is 5. The number of ether oxygens (including phenoxy) is 2. The Hall–Kier alpha value is -3.14. The van der Waals surface area contributed by atoms with Gasteiger partial charge >= 0.3 is 0 Å². The highest BCUT2D eigenvalue weighted by atomic mass is 16.5. The van der Waals surface area contributed by atoms with Gasteiger partial charge in [-0.1, -0.05) is 24.3 Å². The Morgan fingerprint density at radius 3 is 1.75 bits per heavy atom. The Labute approximate surface area is 189 Å². The average molecular weight is 427 g/mol. The second-order valence-corrected chi connectivity index (χ2v) is 10.2. The molecule has 0 amide bonds. The molecule has 0 saturated heterocycles. The van der Waals surface area contributed by atoms with Crippen LogP contribution in [-0.2, 0) is 5.41 Å². The number of benzene rings is 3. The second kappa shape index (κ2) is 7.47. The van der Waals surface area contributed by atoms with E-state index in [9.17, 15) is 0 Å². The number of nitrogen functional groups attached to an aromatic ring is 2. The molecule has 0 spiro atoms. The lowest BCUT2D eigenvalue weighted by atomic mass is 9.48. The number of hydrogen-bond acceptors (Lipinski definition) is 4. The summed E-state index contributed by atoms with van der Waals surface area (Å²) in [6.07, 6.45) is 7.99. The van der Waals surface area contributed by atoms with Gasteiger partial charge in [-0.15, -0.1) is 0 Å². The van der Waals surface area contributed by atoms with Crippen molar-refractivity contribution < 1.29 is 9.47 Å². The van der Waals surface area contributed by atoms with Crippen LogP contribution in [0.25, 0.3) is 0 Å². The van der Waals surface area contributed by atoms with Crippen LogP contribution in [0.5, 0.6) is 23.0 Å². The van der Waals surface area contributed by atoms with Crippen LogP contribution >= 0.6 is 0 Å². The van der Waals surface area contributed by atoms with Gasteiger partial charge in [0, 0.05) is 29.1 Å². The maximum Gasteiger partial charge on any atom is 0.173 e. The molecule has 0 heterocycles. The van der Waals surface area contributed by atoms with Gasteiger partial charge in [-0.2, -0.15) is 0 Å². The van der Waals surface area contributed by atoms with E-state index in [-0.39, 0.29) is 5.41 Å². The summed E-state index contributed by atoms with van der Waals surface area (Å²) >= 11 is 0. The van der Waals surface area contributed by atoms with Crippen LogP contribution in [0.2, 0.25) is 0 Å². The molecule has 4 aliphatic carbocycles. The molecule has 0 aliphatic heterocycles. The molecule has 3 aromatic rings. The predicted molar refractivity (Wildman–Crippen MR) is 128 cm³/mol. The quantitative estimate of drug-likeness (QED) is 0.435. The zero-order chi connectivity index (χ0) is 21.7. The minimum atomic E-state index is 0.180. The number of nitrogens with two attached hydrogens (primary N) is 2. The summed E-state index contributed by atoms with van der Waals surface area (Å²) in [7, 11) is 0. The molecule has 0 aromatic heterocycles. The van der Waals surface area contributed by atoms with Crippen LogP contribution in [0.4, 0.5) is 11.4 Å². The Morgan fingerprint density at radius 1 is 0.656 bits per heavy atom. The first kappa shape index (κ1) is 19.5. The number of anilines is 2. The molecule has 3 aromatic carbocycles. The Bertz CT molecular complexity index is 1120. The van der Waals surface area contributed by atoms with Gasteiger partial charge in [-0.3, -0.25) is 0 Å². The van der Waals surface area contributed by atoms with Gasteiger partial charge in [0.2, 0.25) is 0 Å². The zero-order valence-electron chi connectivity index (χ0n) is 18.3. The maximum absolute atomic E-state index is 6.58. The first-order chi connectivity index (χ1) is 15.6. The van der Waals surface area contributed by atoms with Crippen LogP contribution in [0, 0.1) is 17.8 Å². The standard InChI is InChI=1S/C28H30N2O2/c29-21-4-1-6-23(13-21)31-26-9-3-8-25(27(26)32-24-7-2-5-22(30)14-24)28-15-18-10-19(16-28)12-20(11-18)17-28/h1-9,13-14,18-20H,10-12,15-17,29-30H2. The SMILES string of the molecule is Nc1cccc(Oc2cccc(C34CC5CC(CC(C5)C3)C4)c2Oc2cccc(N)c2)c1. The number of para-hydroxylation sites is 1. The highest BCUT2D eigenvalue weighted by molar-refractivity contribution is 5.56. The minimum Gasteiger partial charge on any atom is -0.453 e. The van der Waals surface area contributed by atoms with Crippen LogP contribution in [0.1, 0.15) is 44.1 Å². The Balaban J connectivity index is 1.45. The highest BCUT2D eigenvalue weighted by Gasteiger charge is 2.52. The van der Waals surface area contributed by atoms with E-state index in [1.165, 1.54) is 44.1 Å². The highest BCUT2D eigenvalue weighted by Crippen LogP contribution is 2.62. The zero-order valence-corrected chi connectivity index (χ0v) is 18.3. The van der Waals surface area contributed by atoms with Gasteiger partial charge in [0.25, 0.3) is 0 Å². The minimum absolute atomic E-state index is 0.180. The fourth-order valence-corrected chi connectivity index (χ4v) is 6.96. The summed E-state index contributed by atoms with van der Waals surface area (Å²) in [5.41, 5.74) is 14.9. The molecule has 164 valence electrons. The van der Waals surface area contributed by atoms with Gasteiger partial charge in [0.1, 0.15) is 11.5 Å². The molecule has 32 heavy (non-hydrogen) atoms. The van der Waals surface area contributed by atoms with Crippen molar-refractivity contribution in [3.05, 3.63) is 72.3 Å². The molecule has 0 atom stereocenters. The largest absolute Gasteiger partial charge is 0.453 e. The van der Waals surface area contributed by atoms with Crippen molar-refractivity contribution in [3.63, 3.8) is 0 Å². The predicted octanol–water partition coefficient (Wildman–Crippen LogP) is 6.90. The van der Waals surface area contributed by atoms with Crippen molar-refractivity contribution in [3.8, 4) is 23.0 Å². The topological polar surface area (TPSA) is 70.5 Å². The van der Waals surface area contributed by atoms with E-state index < -0.39 is 0 Å². The van der Waals surface area contributed by atoms with Gasteiger partial charge < -0.3 is 20.9 Å². The normalized spacial score (nSPS) is 27.9. The van der Waals surface area contributed by atoms with E-state index in [2.05, 4.69) is 12.1 Å². The van der Waals surface area contributed by atoms with E-state index in [1.54, 1.807) is 0 Å². The summed E-state index contributed by atoms with van der Waals surface area (Å²) in [6, 6.07) is 21.6. The molecule has 0 unspecified atom stereocenters. The van der Waals surface area contributed by atoms with E-state index in [4.69, 9.17) is 20.9 Å².